The Labute approximate surface area is 133 Å². The molecule has 6 nitrogen and oxygen atoms in total. The molecule has 118 valence electrons. The predicted octanol–water partition coefficient (Wildman–Crippen LogP) is 2.63. The highest BCUT2D eigenvalue weighted by Gasteiger charge is 2.21. The molecule has 0 aliphatic carbocycles. The fraction of sp³-hybridized carbons (Fsp3) is 0.533. The SMILES string of the molecule is COC(=O)c1cc(CN2CCC[C@H](C)C2)c2[nH]nc(Cl)c2n1. The first-order valence-corrected chi connectivity index (χ1v) is 7.80. The third-order valence-electron chi connectivity index (χ3n) is 4.09. The quantitative estimate of drug-likeness (QED) is 0.880. The van der Waals surface area contributed by atoms with Gasteiger partial charge >= 0.3 is 5.97 Å². The van der Waals surface area contributed by atoms with Gasteiger partial charge in [0.2, 0.25) is 0 Å². The summed E-state index contributed by atoms with van der Waals surface area (Å²) in [6.45, 7) is 5.12. The lowest BCUT2D eigenvalue weighted by atomic mass is 9.99. The number of esters is 1. The van der Waals surface area contributed by atoms with Crippen LogP contribution < -0.4 is 0 Å². The van der Waals surface area contributed by atoms with Gasteiger partial charge in [0.1, 0.15) is 11.2 Å². The number of hydrogen-bond acceptors (Lipinski definition) is 5. The minimum Gasteiger partial charge on any atom is -0.464 e. The van der Waals surface area contributed by atoms with Crippen molar-refractivity contribution in [3.8, 4) is 0 Å². The van der Waals surface area contributed by atoms with Gasteiger partial charge in [-0.2, -0.15) is 5.10 Å². The average molecular weight is 323 g/mol. The summed E-state index contributed by atoms with van der Waals surface area (Å²) < 4.78 is 4.77. The second-order valence-corrected chi connectivity index (χ2v) is 6.24. The number of nitrogens with one attached hydrogen (secondary N) is 1. The van der Waals surface area contributed by atoms with Crippen molar-refractivity contribution in [2.24, 2.45) is 5.92 Å². The first-order valence-electron chi connectivity index (χ1n) is 7.42. The Kier molecular flexibility index (Phi) is 4.31. The van der Waals surface area contributed by atoms with E-state index < -0.39 is 5.97 Å². The third-order valence-corrected chi connectivity index (χ3v) is 4.36. The smallest absolute Gasteiger partial charge is 0.356 e. The van der Waals surface area contributed by atoms with E-state index in [1.54, 1.807) is 6.07 Å². The second kappa shape index (κ2) is 6.22. The number of halogens is 1. The number of fused-ring (bicyclic) bond motifs is 1. The first-order chi connectivity index (χ1) is 10.6. The molecule has 0 aromatic carbocycles. The maximum absolute atomic E-state index is 11.8. The van der Waals surface area contributed by atoms with Crippen molar-refractivity contribution in [2.45, 2.75) is 26.3 Å². The molecule has 0 bridgehead atoms. The summed E-state index contributed by atoms with van der Waals surface area (Å²) in [5.74, 6) is 0.226. The number of nitrogens with zero attached hydrogens (tertiary/aromatic N) is 3. The van der Waals surface area contributed by atoms with Crippen molar-refractivity contribution < 1.29 is 9.53 Å². The molecule has 0 saturated carbocycles. The largest absolute Gasteiger partial charge is 0.464 e. The summed E-state index contributed by atoms with van der Waals surface area (Å²) in [6, 6.07) is 1.77. The standard InChI is InChI=1S/C15H19ClN4O2/c1-9-4-3-5-20(7-9)8-10-6-11(15(21)22-2)17-13-12(10)18-19-14(13)16/h6,9H,3-5,7-8H2,1-2H3,(H,18,19)/t9-/m0/s1. The summed E-state index contributed by atoms with van der Waals surface area (Å²) in [5.41, 5.74) is 2.54. The number of hydrogen-bond donors (Lipinski definition) is 1. The van der Waals surface area contributed by atoms with Gasteiger partial charge in [-0.1, -0.05) is 18.5 Å². The van der Waals surface area contributed by atoms with Crippen LogP contribution in [0.5, 0.6) is 0 Å². The van der Waals surface area contributed by atoms with Gasteiger partial charge in [0.05, 0.1) is 12.6 Å². The highest BCUT2D eigenvalue weighted by atomic mass is 35.5. The Bertz CT molecular complexity index is 700. The first kappa shape index (κ1) is 15.2. The van der Waals surface area contributed by atoms with Crippen LogP contribution in [0.15, 0.2) is 6.07 Å². The lowest BCUT2D eigenvalue weighted by Crippen LogP contribution is -2.33. The molecule has 1 aliphatic heterocycles. The molecule has 1 aliphatic rings. The van der Waals surface area contributed by atoms with E-state index in [-0.39, 0.29) is 10.8 Å². The summed E-state index contributed by atoms with van der Waals surface area (Å²) in [7, 11) is 1.34. The van der Waals surface area contributed by atoms with Crippen LogP contribution in [0.2, 0.25) is 5.15 Å². The molecule has 1 N–H and O–H groups in total. The van der Waals surface area contributed by atoms with E-state index in [2.05, 4.69) is 27.0 Å². The van der Waals surface area contributed by atoms with Gasteiger partial charge in [-0.25, -0.2) is 9.78 Å². The summed E-state index contributed by atoms with van der Waals surface area (Å²) in [5, 5.41) is 7.19. The Hall–Kier alpha value is -1.66. The Morgan fingerprint density at radius 2 is 2.41 bits per heavy atom. The number of aromatic nitrogens is 3. The van der Waals surface area contributed by atoms with E-state index >= 15 is 0 Å². The fourth-order valence-electron chi connectivity index (χ4n) is 3.03. The summed E-state index contributed by atoms with van der Waals surface area (Å²) >= 11 is 6.06. The fourth-order valence-corrected chi connectivity index (χ4v) is 3.21. The number of likely N-dealkylation sites (tertiary alicyclic amines) is 1. The van der Waals surface area contributed by atoms with Crippen LogP contribution in [0.3, 0.4) is 0 Å². The van der Waals surface area contributed by atoms with E-state index in [0.717, 1.165) is 30.7 Å². The molecule has 7 heteroatoms. The van der Waals surface area contributed by atoms with E-state index in [0.29, 0.717) is 11.4 Å². The zero-order valence-electron chi connectivity index (χ0n) is 12.7. The topological polar surface area (TPSA) is 71.1 Å². The Morgan fingerprint density at radius 3 is 3.14 bits per heavy atom. The van der Waals surface area contributed by atoms with Crippen LogP contribution in [0.4, 0.5) is 0 Å². The van der Waals surface area contributed by atoms with Gasteiger partial charge < -0.3 is 4.74 Å². The molecule has 1 atom stereocenters. The molecule has 0 radical (unpaired) electrons. The number of H-pyrrole nitrogens is 1. The zero-order valence-corrected chi connectivity index (χ0v) is 13.5. The molecule has 0 unspecified atom stereocenters. The molecule has 0 amide bonds. The van der Waals surface area contributed by atoms with Crippen molar-refractivity contribution in [1.29, 1.82) is 0 Å². The molecule has 3 rings (SSSR count). The molecule has 3 heterocycles. The molecule has 22 heavy (non-hydrogen) atoms. The van der Waals surface area contributed by atoms with Gasteiger partial charge in [0.15, 0.2) is 5.15 Å². The van der Waals surface area contributed by atoms with E-state index in [4.69, 9.17) is 16.3 Å². The van der Waals surface area contributed by atoms with Crippen LogP contribution in [0.25, 0.3) is 11.0 Å². The molecular weight excluding hydrogens is 304 g/mol. The molecule has 1 saturated heterocycles. The lowest BCUT2D eigenvalue weighted by Gasteiger charge is -2.30. The minimum atomic E-state index is -0.465. The van der Waals surface area contributed by atoms with E-state index in [9.17, 15) is 4.79 Å². The number of pyridine rings is 1. The number of methoxy groups -OCH3 is 1. The lowest BCUT2D eigenvalue weighted by molar-refractivity contribution is 0.0594. The number of piperidine rings is 1. The van der Waals surface area contributed by atoms with Crippen LogP contribution in [-0.4, -0.2) is 46.2 Å². The van der Waals surface area contributed by atoms with Crippen molar-refractivity contribution in [3.63, 3.8) is 0 Å². The van der Waals surface area contributed by atoms with Gasteiger partial charge in [0.25, 0.3) is 0 Å². The number of carbonyl (C=O) groups excluding carboxylic acids is 1. The van der Waals surface area contributed by atoms with Gasteiger partial charge in [-0.3, -0.25) is 10.00 Å². The van der Waals surface area contributed by atoms with Crippen LogP contribution in [0, 0.1) is 5.92 Å². The van der Waals surface area contributed by atoms with Crippen molar-refractivity contribution >= 4 is 28.6 Å². The number of ether oxygens (including phenoxy) is 1. The highest BCUT2D eigenvalue weighted by molar-refractivity contribution is 6.33. The normalized spacial score (nSPS) is 19.5. The van der Waals surface area contributed by atoms with Crippen molar-refractivity contribution in [3.05, 3.63) is 22.5 Å². The monoisotopic (exact) mass is 322 g/mol. The second-order valence-electron chi connectivity index (χ2n) is 5.88. The highest BCUT2D eigenvalue weighted by Crippen LogP contribution is 2.25. The maximum Gasteiger partial charge on any atom is 0.356 e. The zero-order chi connectivity index (χ0) is 15.7. The van der Waals surface area contributed by atoms with Crippen LogP contribution in [0.1, 0.15) is 35.8 Å². The van der Waals surface area contributed by atoms with Crippen molar-refractivity contribution in [1.82, 2.24) is 20.1 Å². The predicted molar refractivity (Wildman–Crippen MR) is 83.9 cm³/mol. The van der Waals surface area contributed by atoms with E-state index in [1.165, 1.54) is 20.0 Å². The number of rotatable bonds is 3. The van der Waals surface area contributed by atoms with E-state index in [1.807, 2.05) is 0 Å². The van der Waals surface area contributed by atoms with Crippen LogP contribution in [-0.2, 0) is 11.3 Å². The van der Waals surface area contributed by atoms with Crippen LogP contribution >= 0.6 is 11.6 Å². The third kappa shape index (κ3) is 2.94. The number of carbonyl (C=O) groups is 1. The summed E-state index contributed by atoms with van der Waals surface area (Å²) in [6.07, 6.45) is 2.47. The summed E-state index contributed by atoms with van der Waals surface area (Å²) in [4.78, 5) is 18.5. The van der Waals surface area contributed by atoms with Gasteiger partial charge in [-0.15, -0.1) is 0 Å². The molecular formula is C15H19ClN4O2. The number of aromatic amines is 1. The maximum atomic E-state index is 11.8. The molecule has 0 spiro atoms. The Morgan fingerprint density at radius 1 is 1.59 bits per heavy atom. The minimum absolute atomic E-state index is 0.262. The molecule has 2 aromatic rings. The molecule has 2 aromatic heterocycles. The molecule has 1 fully saturated rings. The van der Waals surface area contributed by atoms with Gasteiger partial charge in [0, 0.05) is 13.1 Å². The Balaban J connectivity index is 1.97. The van der Waals surface area contributed by atoms with Crippen molar-refractivity contribution in [2.75, 3.05) is 20.2 Å². The van der Waals surface area contributed by atoms with Gasteiger partial charge in [-0.05, 0) is 36.9 Å². The average Bonchev–Trinajstić information content (AvgIpc) is 2.88.